The van der Waals surface area contributed by atoms with Crippen molar-refractivity contribution in [3.8, 4) is 11.5 Å². The average Bonchev–Trinajstić information content (AvgIpc) is 2.61. The smallest absolute Gasteiger partial charge is 0.165 e. The minimum absolute atomic E-state index is 0.464. The fourth-order valence-corrected chi connectivity index (χ4v) is 2.89. The molecule has 0 saturated heterocycles. The van der Waals surface area contributed by atoms with Crippen LogP contribution in [0.25, 0.3) is 0 Å². The van der Waals surface area contributed by atoms with Crippen molar-refractivity contribution in [1.82, 2.24) is 5.32 Å². The van der Waals surface area contributed by atoms with Crippen LogP contribution in [0, 0.1) is 0 Å². The number of halogens is 1. The number of benzene rings is 2. The van der Waals surface area contributed by atoms with Gasteiger partial charge in [0.25, 0.3) is 0 Å². The lowest BCUT2D eigenvalue weighted by Gasteiger charge is -2.17. The number of methoxy groups -OCH3 is 1. The number of hydrogen-bond donors (Lipinski definition) is 2. The van der Waals surface area contributed by atoms with E-state index < -0.39 is 6.10 Å². The first-order chi connectivity index (χ1) is 11.7. The van der Waals surface area contributed by atoms with Crippen molar-refractivity contribution < 1.29 is 14.6 Å². The highest BCUT2D eigenvalue weighted by atomic mass is 79.9. The molecule has 2 aromatic rings. The molecule has 0 aliphatic heterocycles. The summed E-state index contributed by atoms with van der Waals surface area (Å²) < 4.78 is 12.2. The Kier molecular flexibility index (Phi) is 7.56. The lowest BCUT2D eigenvalue weighted by molar-refractivity contribution is 0.174. The van der Waals surface area contributed by atoms with E-state index in [1.54, 1.807) is 7.11 Å². The summed E-state index contributed by atoms with van der Waals surface area (Å²) in [6.45, 7) is 3.75. The van der Waals surface area contributed by atoms with E-state index in [0.717, 1.165) is 27.8 Å². The van der Waals surface area contributed by atoms with E-state index in [0.29, 0.717) is 25.4 Å². The van der Waals surface area contributed by atoms with Crippen molar-refractivity contribution >= 4 is 15.9 Å². The first-order valence-electron chi connectivity index (χ1n) is 8.08. The van der Waals surface area contributed by atoms with Gasteiger partial charge in [0.15, 0.2) is 11.5 Å². The van der Waals surface area contributed by atoms with Crippen LogP contribution >= 0.6 is 15.9 Å². The van der Waals surface area contributed by atoms with Crippen LogP contribution in [0.4, 0.5) is 0 Å². The van der Waals surface area contributed by atoms with Crippen LogP contribution < -0.4 is 14.8 Å². The number of hydrogen-bond acceptors (Lipinski definition) is 4. The minimum Gasteiger partial charge on any atom is -0.493 e. The molecule has 0 aliphatic rings. The summed E-state index contributed by atoms with van der Waals surface area (Å²) in [5.41, 5.74) is 1.90. The Labute approximate surface area is 151 Å². The highest BCUT2D eigenvalue weighted by molar-refractivity contribution is 9.10. The van der Waals surface area contributed by atoms with Crippen LogP contribution in [0.1, 0.15) is 30.6 Å². The van der Waals surface area contributed by atoms with Crippen LogP contribution in [0.15, 0.2) is 46.9 Å². The second kappa shape index (κ2) is 9.67. The molecule has 4 nitrogen and oxygen atoms in total. The average molecular weight is 394 g/mol. The maximum atomic E-state index is 10.2. The van der Waals surface area contributed by atoms with Crippen LogP contribution in [-0.2, 0) is 6.54 Å². The maximum Gasteiger partial charge on any atom is 0.165 e. The first-order valence-corrected chi connectivity index (χ1v) is 8.88. The van der Waals surface area contributed by atoms with E-state index >= 15 is 0 Å². The van der Waals surface area contributed by atoms with E-state index in [4.69, 9.17) is 9.47 Å². The van der Waals surface area contributed by atoms with Crippen molar-refractivity contribution in [2.45, 2.75) is 26.0 Å². The number of aliphatic hydroxyl groups is 1. The molecule has 0 spiro atoms. The van der Waals surface area contributed by atoms with E-state index in [2.05, 4.69) is 28.2 Å². The molecule has 2 rings (SSSR count). The lowest BCUT2D eigenvalue weighted by Crippen LogP contribution is -2.21. The summed E-state index contributed by atoms with van der Waals surface area (Å²) in [5, 5.41) is 13.5. The highest BCUT2D eigenvalue weighted by Crippen LogP contribution is 2.35. The van der Waals surface area contributed by atoms with Gasteiger partial charge in [-0.05, 0) is 24.1 Å². The Morgan fingerprint density at radius 2 is 1.96 bits per heavy atom. The van der Waals surface area contributed by atoms with Gasteiger partial charge in [-0.25, -0.2) is 0 Å². The van der Waals surface area contributed by atoms with E-state index in [-0.39, 0.29) is 0 Å². The molecule has 0 aliphatic carbocycles. The van der Waals surface area contributed by atoms with Gasteiger partial charge in [0.2, 0.25) is 0 Å². The third-order valence-electron chi connectivity index (χ3n) is 3.60. The highest BCUT2D eigenvalue weighted by Gasteiger charge is 2.13. The Morgan fingerprint density at radius 3 is 2.62 bits per heavy atom. The Balaban J connectivity index is 2.04. The molecule has 0 radical (unpaired) electrons. The van der Waals surface area contributed by atoms with E-state index in [9.17, 15) is 5.11 Å². The quantitative estimate of drug-likeness (QED) is 0.673. The standard InChI is InChI=1S/C19H24BrNO3/c1-3-9-24-19-15(10-16(20)11-18(19)23-2)12-21-13-17(22)14-7-5-4-6-8-14/h4-8,10-11,17,21-22H,3,9,12-13H2,1-2H3/t17-/m1/s1. The number of ether oxygens (including phenoxy) is 2. The molecule has 1 atom stereocenters. The summed E-state index contributed by atoms with van der Waals surface area (Å²) in [4.78, 5) is 0. The third kappa shape index (κ3) is 5.23. The largest absolute Gasteiger partial charge is 0.493 e. The molecule has 0 unspecified atom stereocenters. The van der Waals surface area contributed by atoms with Crippen LogP contribution in [0.3, 0.4) is 0 Å². The predicted octanol–water partition coefficient (Wildman–Crippen LogP) is 4.07. The summed E-state index contributed by atoms with van der Waals surface area (Å²) in [7, 11) is 1.64. The number of nitrogens with one attached hydrogen (secondary N) is 1. The number of rotatable bonds is 9. The summed E-state index contributed by atoms with van der Waals surface area (Å²) in [6.07, 6.45) is 0.388. The zero-order chi connectivity index (χ0) is 17.4. The fourth-order valence-electron chi connectivity index (χ4n) is 2.41. The van der Waals surface area contributed by atoms with Gasteiger partial charge in [-0.15, -0.1) is 0 Å². The van der Waals surface area contributed by atoms with Gasteiger partial charge in [0.05, 0.1) is 19.8 Å². The minimum atomic E-state index is -0.541. The van der Waals surface area contributed by atoms with Crippen LogP contribution in [-0.4, -0.2) is 25.4 Å². The lowest BCUT2D eigenvalue weighted by atomic mass is 10.1. The Morgan fingerprint density at radius 1 is 1.21 bits per heavy atom. The van der Waals surface area contributed by atoms with Gasteiger partial charge < -0.3 is 19.9 Å². The second-order valence-corrected chi connectivity index (χ2v) is 6.42. The molecule has 0 saturated carbocycles. The number of aliphatic hydroxyl groups excluding tert-OH is 1. The third-order valence-corrected chi connectivity index (χ3v) is 4.06. The molecular weight excluding hydrogens is 370 g/mol. The van der Waals surface area contributed by atoms with Crippen molar-refractivity contribution in [2.75, 3.05) is 20.3 Å². The van der Waals surface area contributed by atoms with Crippen molar-refractivity contribution in [1.29, 1.82) is 0 Å². The molecule has 24 heavy (non-hydrogen) atoms. The molecule has 0 aromatic heterocycles. The summed E-state index contributed by atoms with van der Waals surface area (Å²) in [6, 6.07) is 13.5. The molecule has 5 heteroatoms. The zero-order valence-corrected chi connectivity index (χ0v) is 15.7. The van der Waals surface area contributed by atoms with Gasteiger partial charge in [0.1, 0.15) is 0 Å². The molecule has 0 heterocycles. The molecule has 2 N–H and O–H groups in total. The molecule has 0 amide bonds. The zero-order valence-electron chi connectivity index (χ0n) is 14.1. The van der Waals surface area contributed by atoms with Crippen molar-refractivity contribution in [3.05, 3.63) is 58.1 Å². The summed E-state index contributed by atoms with van der Waals surface area (Å²) in [5.74, 6) is 1.46. The summed E-state index contributed by atoms with van der Waals surface area (Å²) >= 11 is 3.50. The van der Waals surface area contributed by atoms with Gasteiger partial charge in [0, 0.05) is 23.1 Å². The first kappa shape index (κ1) is 18.8. The van der Waals surface area contributed by atoms with Crippen molar-refractivity contribution in [2.24, 2.45) is 0 Å². The molecule has 0 bridgehead atoms. The second-order valence-electron chi connectivity index (χ2n) is 5.50. The Bertz CT molecular complexity index is 634. The Hall–Kier alpha value is -1.56. The van der Waals surface area contributed by atoms with E-state index in [1.807, 2.05) is 42.5 Å². The van der Waals surface area contributed by atoms with Crippen LogP contribution in [0.5, 0.6) is 11.5 Å². The molecule has 0 fully saturated rings. The van der Waals surface area contributed by atoms with Crippen LogP contribution in [0.2, 0.25) is 0 Å². The molecule has 2 aromatic carbocycles. The fraction of sp³-hybridized carbons (Fsp3) is 0.368. The SMILES string of the molecule is CCCOc1c(CNC[C@@H](O)c2ccccc2)cc(Br)cc1OC. The predicted molar refractivity (Wildman–Crippen MR) is 99.6 cm³/mol. The van der Waals surface area contributed by atoms with Gasteiger partial charge in [-0.2, -0.15) is 0 Å². The van der Waals surface area contributed by atoms with Gasteiger partial charge in [-0.1, -0.05) is 53.2 Å². The maximum absolute atomic E-state index is 10.2. The van der Waals surface area contributed by atoms with Gasteiger partial charge in [-0.3, -0.25) is 0 Å². The van der Waals surface area contributed by atoms with Crippen molar-refractivity contribution in [3.63, 3.8) is 0 Å². The topological polar surface area (TPSA) is 50.7 Å². The van der Waals surface area contributed by atoms with E-state index in [1.165, 1.54) is 0 Å². The monoisotopic (exact) mass is 393 g/mol. The molecule has 130 valence electrons. The van der Waals surface area contributed by atoms with Gasteiger partial charge >= 0.3 is 0 Å². The molecular formula is C19H24BrNO3. The normalized spacial score (nSPS) is 12.0.